The van der Waals surface area contributed by atoms with E-state index in [-0.39, 0.29) is 5.56 Å². The Morgan fingerprint density at radius 2 is 2.10 bits per heavy atom. The number of para-hydroxylation sites is 2. The van der Waals surface area contributed by atoms with Crippen molar-refractivity contribution in [3.63, 3.8) is 0 Å². The molecule has 0 saturated heterocycles. The first-order valence-electron chi connectivity index (χ1n) is 6.35. The van der Waals surface area contributed by atoms with Crippen LogP contribution in [0.25, 0.3) is 17.0 Å². The minimum atomic E-state index is -0.966. The molecule has 1 N–H and O–H groups in total. The van der Waals surface area contributed by atoms with Crippen molar-refractivity contribution in [3.8, 4) is 5.95 Å². The van der Waals surface area contributed by atoms with Gasteiger partial charge in [0.2, 0.25) is 5.95 Å². The summed E-state index contributed by atoms with van der Waals surface area (Å²) in [6.07, 6.45) is 1.95. The van der Waals surface area contributed by atoms with Gasteiger partial charge in [-0.3, -0.25) is 0 Å². The third-order valence-electron chi connectivity index (χ3n) is 3.39. The van der Waals surface area contributed by atoms with Crippen LogP contribution < -0.4 is 0 Å². The molecule has 102 valence electrons. The zero-order valence-corrected chi connectivity index (χ0v) is 11.2. The van der Waals surface area contributed by atoms with Gasteiger partial charge in [0.1, 0.15) is 5.56 Å². The Morgan fingerprint density at radius 3 is 2.75 bits per heavy atom. The van der Waals surface area contributed by atoms with Crippen molar-refractivity contribution in [2.45, 2.75) is 13.3 Å². The summed E-state index contributed by atoms with van der Waals surface area (Å²) in [5, 5.41) is 13.4. The quantitative estimate of drug-likeness (QED) is 0.790. The molecular formula is C14H14N4O2. The number of carboxylic acid groups (broad SMARTS) is 1. The number of hydrogen-bond donors (Lipinski definition) is 1. The Kier molecular flexibility index (Phi) is 2.78. The van der Waals surface area contributed by atoms with Gasteiger partial charge in [-0.05, 0) is 18.6 Å². The summed E-state index contributed by atoms with van der Waals surface area (Å²) < 4.78 is 3.51. The van der Waals surface area contributed by atoms with Crippen LogP contribution in [0.2, 0.25) is 0 Å². The highest BCUT2D eigenvalue weighted by Gasteiger charge is 2.19. The number of carbonyl (C=O) groups is 1. The first-order chi connectivity index (χ1) is 9.63. The third-order valence-corrected chi connectivity index (χ3v) is 3.39. The number of carboxylic acids is 1. The van der Waals surface area contributed by atoms with Gasteiger partial charge in [-0.15, -0.1) is 0 Å². The fourth-order valence-electron chi connectivity index (χ4n) is 2.39. The molecule has 0 unspecified atom stereocenters. The van der Waals surface area contributed by atoms with E-state index in [0.717, 1.165) is 11.0 Å². The average molecular weight is 270 g/mol. The molecule has 1 aromatic carbocycles. The van der Waals surface area contributed by atoms with Crippen molar-refractivity contribution in [1.82, 2.24) is 19.3 Å². The molecular weight excluding hydrogens is 256 g/mol. The van der Waals surface area contributed by atoms with Crippen LogP contribution in [0.15, 0.2) is 30.5 Å². The number of aromatic carboxylic acids is 1. The first kappa shape index (κ1) is 12.4. The van der Waals surface area contributed by atoms with Gasteiger partial charge < -0.3 is 9.67 Å². The molecule has 0 amide bonds. The lowest BCUT2D eigenvalue weighted by atomic mass is 10.2. The Morgan fingerprint density at radius 1 is 1.35 bits per heavy atom. The lowest BCUT2D eigenvalue weighted by molar-refractivity contribution is 0.0695. The smallest absolute Gasteiger partial charge is 0.339 e. The average Bonchev–Trinajstić information content (AvgIpc) is 3.00. The minimum absolute atomic E-state index is 0.222. The SMILES string of the molecule is CCc1c(C(=O)O)cnn1-c1nc2ccccc2n1C. The maximum Gasteiger partial charge on any atom is 0.339 e. The molecule has 0 radical (unpaired) electrons. The van der Waals surface area contributed by atoms with E-state index in [2.05, 4.69) is 10.1 Å². The molecule has 6 heteroatoms. The van der Waals surface area contributed by atoms with Crippen LogP contribution in [0.1, 0.15) is 23.0 Å². The molecule has 0 aliphatic rings. The predicted octanol–water partition coefficient (Wildman–Crippen LogP) is 2.02. The van der Waals surface area contributed by atoms with E-state index in [1.54, 1.807) is 4.68 Å². The van der Waals surface area contributed by atoms with Crippen LogP contribution in [0.5, 0.6) is 0 Å². The van der Waals surface area contributed by atoms with Gasteiger partial charge in [-0.2, -0.15) is 5.10 Å². The van der Waals surface area contributed by atoms with Crippen molar-refractivity contribution in [3.05, 3.63) is 41.7 Å². The van der Waals surface area contributed by atoms with E-state index in [1.165, 1.54) is 6.20 Å². The van der Waals surface area contributed by atoms with Gasteiger partial charge in [-0.25, -0.2) is 14.5 Å². The Bertz CT molecular complexity index is 801. The highest BCUT2D eigenvalue weighted by atomic mass is 16.4. The molecule has 0 fully saturated rings. The molecule has 2 heterocycles. The summed E-state index contributed by atoms with van der Waals surface area (Å²) in [5.41, 5.74) is 2.71. The van der Waals surface area contributed by atoms with Crippen LogP contribution in [-0.2, 0) is 13.5 Å². The van der Waals surface area contributed by atoms with E-state index >= 15 is 0 Å². The fraction of sp³-hybridized carbons (Fsp3) is 0.214. The molecule has 0 aliphatic heterocycles. The largest absolute Gasteiger partial charge is 0.478 e. The lowest BCUT2D eigenvalue weighted by Crippen LogP contribution is -2.10. The number of aromatic nitrogens is 4. The summed E-state index contributed by atoms with van der Waals surface area (Å²) >= 11 is 0. The van der Waals surface area contributed by atoms with Gasteiger partial charge in [0.15, 0.2) is 0 Å². The number of nitrogens with zero attached hydrogens (tertiary/aromatic N) is 4. The Balaban J connectivity index is 2.26. The molecule has 0 atom stereocenters. The van der Waals surface area contributed by atoms with Crippen molar-refractivity contribution in [2.75, 3.05) is 0 Å². The topological polar surface area (TPSA) is 72.9 Å². The van der Waals surface area contributed by atoms with Gasteiger partial charge in [-0.1, -0.05) is 19.1 Å². The van der Waals surface area contributed by atoms with E-state index in [1.807, 2.05) is 42.8 Å². The summed E-state index contributed by atoms with van der Waals surface area (Å²) in [7, 11) is 1.90. The third kappa shape index (κ3) is 1.69. The molecule has 6 nitrogen and oxygen atoms in total. The lowest BCUT2D eigenvalue weighted by Gasteiger charge is -2.06. The van der Waals surface area contributed by atoms with Gasteiger partial charge >= 0.3 is 5.97 Å². The van der Waals surface area contributed by atoms with Gasteiger partial charge in [0.05, 0.1) is 22.9 Å². The monoisotopic (exact) mass is 270 g/mol. The Hall–Kier alpha value is -2.63. The highest BCUT2D eigenvalue weighted by Crippen LogP contribution is 2.20. The summed E-state index contributed by atoms with van der Waals surface area (Å²) in [6, 6.07) is 7.76. The maximum atomic E-state index is 11.2. The molecule has 0 spiro atoms. The molecule has 3 aromatic rings. The molecule has 2 aromatic heterocycles. The second-order valence-corrected chi connectivity index (χ2v) is 4.53. The minimum Gasteiger partial charge on any atom is -0.478 e. The molecule has 20 heavy (non-hydrogen) atoms. The van der Waals surface area contributed by atoms with E-state index in [9.17, 15) is 9.90 Å². The summed E-state index contributed by atoms with van der Waals surface area (Å²) in [4.78, 5) is 15.7. The van der Waals surface area contributed by atoms with Crippen LogP contribution in [0.4, 0.5) is 0 Å². The molecule has 0 saturated carbocycles. The second-order valence-electron chi connectivity index (χ2n) is 4.53. The Labute approximate surface area is 115 Å². The standard InChI is InChI=1S/C14H14N4O2/c1-3-11-9(13(19)20)8-15-18(11)14-16-10-6-4-5-7-12(10)17(14)2/h4-8H,3H2,1-2H3,(H,19,20). The number of imidazole rings is 1. The first-order valence-corrected chi connectivity index (χ1v) is 6.35. The van der Waals surface area contributed by atoms with Crippen molar-refractivity contribution in [2.24, 2.45) is 7.05 Å². The second kappa shape index (κ2) is 4.48. The number of hydrogen-bond acceptors (Lipinski definition) is 3. The zero-order chi connectivity index (χ0) is 14.3. The van der Waals surface area contributed by atoms with Crippen LogP contribution in [-0.4, -0.2) is 30.4 Å². The normalized spacial score (nSPS) is 11.1. The number of fused-ring (bicyclic) bond motifs is 1. The van der Waals surface area contributed by atoms with Crippen LogP contribution in [0.3, 0.4) is 0 Å². The highest BCUT2D eigenvalue weighted by molar-refractivity contribution is 5.88. The molecule has 0 aliphatic carbocycles. The number of benzene rings is 1. The van der Waals surface area contributed by atoms with Crippen molar-refractivity contribution >= 4 is 17.0 Å². The van der Waals surface area contributed by atoms with Crippen molar-refractivity contribution < 1.29 is 9.90 Å². The molecule has 0 bridgehead atoms. The molecule has 3 rings (SSSR count). The van der Waals surface area contributed by atoms with Gasteiger partial charge in [0, 0.05) is 7.05 Å². The van der Waals surface area contributed by atoms with E-state index in [4.69, 9.17) is 0 Å². The maximum absolute atomic E-state index is 11.2. The van der Waals surface area contributed by atoms with Crippen molar-refractivity contribution in [1.29, 1.82) is 0 Å². The van der Waals surface area contributed by atoms with Crippen LogP contribution >= 0.6 is 0 Å². The van der Waals surface area contributed by atoms with Gasteiger partial charge in [0.25, 0.3) is 0 Å². The number of aryl methyl sites for hydroxylation is 1. The summed E-state index contributed by atoms with van der Waals surface area (Å²) in [6.45, 7) is 1.91. The fourth-order valence-corrected chi connectivity index (χ4v) is 2.39. The van der Waals surface area contributed by atoms with E-state index in [0.29, 0.717) is 18.1 Å². The summed E-state index contributed by atoms with van der Waals surface area (Å²) in [5.74, 6) is -0.345. The van der Waals surface area contributed by atoms with Crippen LogP contribution in [0, 0.1) is 0 Å². The van der Waals surface area contributed by atoms with E-state index < -0.39 is 5.97 Å². The predicted molar refractivity (Wildman–Crippen MR) is 74.2 cm³/mol. The number of rotatable bonds is 3. The zero-order valence-electron chi connectivity index (χ0n) is 11.2.